The topological polar surface area (TPSA) is 81.5 Å². The first kappa shape index (κ1) is 9.59. The van der Waals surface area contributed by atoms with Crippen molar-refractivity contribution in [1.82, 2.24) is 10.2 Å². The first-order valence-corrected chi connectivity index (χ1v) is 4.80. The lowest BCUT2D eigenvalue weighted by molar-refractivity contribution is 0.0688. The molecule has 0 spiro atoms. The highest BCUT2D eigenvalue weighted by atomic mass is 16.6. The van der Waals surface area contributed by atoms with Crippen molar-refractivity contribution in [3.63, 3.8) is 0 Å². The van der Waals surface area contributed by atoms with E-state index < -0.39 is 5.97 Å². The van der Waals surface area contributed by atoms with E-state index in [1.165, 1.54) is 6.07 Å². The van der Waals surface area contributed by atoms with Crippen molar-refractivity contribution in [3.05, 3.63) is 36.0 Å². The molecule has 2 heterocycles. The van der Waals surface area contributed by atoms with Gasteiger partial charge in [-0.2, -0.15) is 0 Å². The van der Waals surface area contributed by atoms with Crippen LogP contribution in [0.1, 0.15) is 10.5 Å². The number of rotatable bonds is 1. The third kappa shape index (κ3) is 1.55. The van der Waals surface area contributed by atoms with Crippen LogP contribution in [-0.2, 0) is 0 Å². The minimum Gasteiger partial charge on any atom is -0.476 e. The number of carboxylic acid groups (broad SMARTS) is 1. The molecular formula is C11H6N2O4. The molecule has 2 aromatic rings. The highest BCUT2D eigenvalue weighted by Gasteiger charge is 2.21. The Balaban J connectivity index is 2.06. The minimum atomic E-state index is -1.16. The van der Waals surface area contributed by atoms with Gasteiger partial charge in [0.05, 0.1) is 0 Å². The lowest BCUT2D eigenvalue weighted by Gasteiger charge is -2.18. The summed E-state index contributed by atoms with van der Waals surface area (Å²) in [6.45, 7) is 0. The first-order valence-electron chi connectivity index (χ1n) is 4.80. The third-order valence-electron chi connectivity index (χ3n) is 2.22. The molecule has 84 valence electrons. The molecule has 1 aliphatic heterocycles. The van der Waals surface area contributed by atoms with Crippen molar-refractivity contribution >= 4 is 5.97 Å². The Hall–Kier alpha value is -2.63. The summed E-state index contributed by atoms with van der Waals surface area (Å²) in [7, 11) is 0. The molecule has 3 rings (SSSR count). The zero-order valence-corrected chi connectivity index (χ0v) is 8.45. The molecule has 1 aliphatic rings. The van der Waals surface area contributed by atoms with Crippen LogP contribution in [0.2, 0.25) is 0 Å². The van der Waals surface area contributed by atoms with Crippen molar-refractivity contribution in [2.24, 2.45) is 0 Å². The van der Waals surface area contributed by atoms with Crippen molar-refractivity contribution in [1.29, 1.82) is 0 Å². The summed E-state index contributed by atoms with van der Waals surface area (Å²) in [4.78, 5) is 10.7. The molecule has 0 saturated carbocycles. The smallest absolute Gasteiger partial charge is 0.356 e. The minimum absolute atomic E-state index is 0.161. The molecule has 0 amide bonds. The second-order valence-electron chi connectivity index (χ2n) is 3.35. The second kappa shape index (κ2) is 3.44. The maximum absolute atomic E-state index is 10.7. The highest BCUT2D eigenvalue weighted by Crippen LogP contribution is 2.43. The predicted octanol–water partition coefficient (Wildman–Crippen LogP) is 2.07. The van der Waals surface area contributed by atoms with Gasteiger partial charge in [-0.3, -0.25) is 0 Å². The summed E-state index contributed by atoms with van der Waals surface area (Å²) in [5, 5.41) is 16.0. The molecule has 6 heteroatoms. The molecule has 0 radical (unpaired) electrons. The summed E-state index contributed by atoms with van der Waals surface area (Å²) >= 11 is 0. The Kier molecular flexibility index (Phi) is 1.94. The largest absolute Gasteiger partial charge is 0.476 e. The highest BCUT2D eigenvalue weighted by molar-refractivity contribution is 5.85. The predicted molar refractivity (Wildman–Crippen MR) is 55.6 cm³/mol. The zero-order valence-electron chi connectivity index (χ0n) is 8.45. The van der Waals surface area contributed by atoms with Gasteiger partial charge >= 0.3 is 5.97 Å². The molecule has 6 nitrogen and oxygen atoms in total. The number of benzene rings is 1. The Bertz CT molecular complexity index is 612. The molecule has 17 heavy (non-hydrogen) atoms. The number of carbonyl (C=O) groups is 1. The van der Waals surface area contributed by atoms with Gasteiger partial charge in [-0.15, -0.1) is 10.2 Å². The molecule has 0 aliphatic carbocycles. The van der Waals surface area contributed by atoms with Gasteiger partial charge in [0.2, 0.25) is 0 Å². The molecule has 0 bridgehead atoms. The van der Waals surface area contributed by atoms with Gasteiger partial charge in [0.25, 0.3) is 5.88 Å². The number of fused-ring (bicyclic) bond motifs is 2. The van der Waals surface area contributed by atoms with Crippen LogP contribution in [0.4, 0.5) is 0 Å². The van der Waals surface area contributed by atoms with Gasteiger partial charge in [-0.05, 0) is 12.1 Å². The Morgan fingerprint density at radius 1 is 1.06 bits per heavy atom. The van der Waals surface area contributed by atoms with E-state index in [-0.39, 0.29) is 17.3 Å². The number of ether oxygens (including phenoxy) is 2. The SMILES string of the molecule is O=C(O)c1cc2c(nn1)Oc1ccccc1O2. The summed E-state index contributed by atoms with van der Waals surface area (Å²) in [5.74, 6) is 0.286. The summed E-state index contributed by atoms with van der Waals surface area (Å²) < 4.78 is 10.9. The molecule has 0 atom stereocenters. The third-order valence-corrected chi connectivity index (χ3v) is 2.22. The normalized spacial score (nSPS) is 11.8. The van der Waals surface area contributed by atoms with Gasteiger partial charge in [0.15, 0.2) is 22.9 Å². The summed E-state index contributed by atoms with van der Waals surface area (Å²) in [5.41, 5.74) is -0.188. The molecule has 1 aromatic heterocycles. The van der Waals surface area contributed by atoms with E-state index in [4.69, 9.17) is 14.6 Å². The van der Waals surface area contributed by atoms with Crippen LogP contribution in [0, 0.1) is 0 Å². The van der Waals surface area contributed by atoms with E-state index in [9.17, 15) is 4.79 Å². The van der Waals surface area contributed by atoms with Gasteiger partial charge < -0.3 is 14.6 Å². The van der Waals surface area contributed by atoms with E-state index in [1.807, 2.05) is 0 Å². The van der Waals surface area contributed by atoms with E-state index in [1.54, 1.807) is 24.3 Å². The summed E-state index contributed by atoms with van der Waals surface area (Å²) in [6, 6.07) is 8.32. The van der Waals surface area contributed by atoms with Crippen LogP contribution in [-0.4, -0.2) is 21.3 Å². The number of aromatic nitrogens is 2. The number of nitrogens with zero attached hydrogens (tertiary/aromatic N) is 2. The van der Waals surface area contributed by atoms with E-state index in [0.717, 1.165) is 0 Å². The van der Waals surface area contributed by atoms with Crippen molar-refractivity contribution < 1.29 is 19.4 Å². The van der Waals surface area contributed by atoms with Crippen LogP contribution in [0.25, 0.3) is 0 Å². The fourth-order valence-electron chi connectivity index (χ4n) is 1.45. The fraction of sp³-hybridized carbons (Fsp3) is 0. The van der Waals surface area contributed by atoms with Crippen LogP contribution in [0.3, 0.4) is 0 Å². The van der Waals surface area contributed by atoms with Crippen molar-refractivity contribution in [2.45, 2.75) is 0 Å². The Labute approximate surface area is 95.4 Å². The van der Waals surface area contributed by atoms with Crippen LogP contribution in [0.15, 0.2) is 30.3 Å². The monoisotopic (exact) mass is 230 g/mol. The van der Waals surface area contributed by atoms with Crippen LogP contribution in [0.5, 0.6) is 23.1 Å². The maximum Gasteiger partial charge on any atom is 0.356 e. The zero-order chi connectivity index (χ0) is 11.8. The number of hydrogen-bond acceptors (Lipinski definition) is 5. The average molecular weight is 230 g/mol. The van der Waals surface area contributed by atoms with Gasteiger partial charge in [-0.1, -0.05) is 12.1 Å². The van der Waals surface area contributed by atoms with Gasteiger partial charge in [0, 0.05) is 6.07 Å². The number of aromatic carboxylic acids is 1. The summed E-state index contributed by atoms with van der Waals surface area (Å²) in [6.07, 6.45) is 0. The quantitative estimate of drug-likeness (QED) is 0.689. The lowest BCUT2D eigenvalue weighted by Crippen LogP contribution is -2.07. The maximum atomic E-state index is 10.7. The standard InChI is InChI=1S/C11H6N2O4/c14-11(15)6-5-9-10(13-12-6)17-8-4-2-1-3-7(8)16-9/h1-5H,(H,14,15). The molecule has 0 fully saturated rings. The van der Waals surface area contributed by atoms with Crippen LogP contribution >= 0.6 is 0 Å². The van der Waals surface area contributed by atoms with Gasteiger partial charge in [0.1, 0.15) is 0 Å². The number of para-hydroxylation sites is 2. The second-order valence-corrected chi connectivity index (χ2v) is 3.35. The van der Waals surface area contributed by atoms with Crippen molar-refractivity contribution in [2.75, 3.05) is 0 Å². The van der Waals surface area contributed by atoms with Gasteiger partial charge in [-0.25, -0.2) is 4.79 Å². The fourth-order valence-corrected chi connectivity index (χ4v) is 1.45. The lowest BCUT2D eigenvalue weighted by atomic mass is 10.3. The molecule has 1 N–H and O–H groups in total. The van der Waals surface area contributed by atoms with Crippen molar-refractivity contribution in [3.8, 4) is 23.1 Å². The molecular weight excluding hydrogens is 224 g/mol. The number of hydrogen-bond donors (Lipinski definition) is 1. The molecule has 0 saturated heterocycles. The van der Waals surface area contributed by atoms with Crippen LogP contribution < -0.4 is 9.47 Å². The average Bonchev–Trinajstić information content (AvgIpc) is 2.35. The molecule has 1 aromatic carbocycles. The number of carboxylic acids is 1. The van der Waals surface area contributed by atoms with E-state index in [0.29, 0.717) is 11.5 Å². The van der Waals surface area contributed by atoms with E-state index in [2.05, 4.69) is 10.2 Å². The first-order chi connectivity index (χ1) is 8.24. The Morgan fingerprint density at radius 3 is 2.47 bits per heavy atom. The Morgan fingerprint density at radius 2 is 1.76 bits per heavy atom. The molecule has 0 unspecified atom stereocenters. The van der Waals surface area contributed by atoms with E-state index >= 15 is 0 Å².